The van der Waals surface area contributed by atoms with E-state index < -0.39 is 0 Å². The summed E-state index contributed by atoms with van der Waals surface area (Å²) in [5, 5.41) is 8.50. The number of hydrogen-bond acceptors (Lipinski definition) is 4. The molecule has 7 heteroatoms. The van der Waals surface area contributed by atoms with Crippen LogP contribution >= 0.6 is 11.8 Å². The van der Waals surface area contributed by atoms with Gasteiger partial charge in [0.2, 0.25) is 11.8 Å². The van der Waals surface area contributed by atoms with Crippen molar-refractivity contribution < 1.29 is 14.4 Å². The third-order valence-electron chi connectivity index (χ3n) is 5.26. The van der Waals surface area contributed by atoms with E-state index in [0.717, 1.165) is 16.8 Å². The Morgan fingerprint density at radius 3 is 1.83 bits per heavy atom. The largest absolute Gasteiger partial charge is 0.325 e. The van der Waals surface area contributed by atoms with Crippen LogP contribution in [-0.4, -0.2) is 29.2 Å². The summed E-state index contributed by atoms with van der Waals surface area (Å²) in [4.78, 5) is 37.3. The zero-order valence-corrected chi connectivity index (χ0v) is 21.3. The lowest BCUT2D eigenvalue weighted by Crippen LogP contribution is -2.20. The lowest BCUT2D eigenvalue weighted by Gasteiger charge is -2.19. The van der Waals surface area contributed by atoms with Crippen LogP contribution in [0.15, 0.2) is 72.8 Å². The standard InChI is InChI=1S/C28H31N3O3S/c1-19-9-15-22(16-10-19)29-25(32)17-35-18-26(33)30-23-7-5-6-8-24(23)31-27(34)20-11-13-21(14-12-20)28(2,3)4/h5-16H,17-18H2,1-4H3,(H,29,32)(H,30,33)(H,31,34). The van der Waals surface area contributed by atoms with E-state index in [4.69, 9.17) is 0 Å². The van der Waals surface area contributed by atoms with E-state index in [-0.39, 0.29) is 34.6 Å². The lowest BCUT2D eigenvalue weighted by atomic mass is 9.87. The maximum absolute atomic E-state index is 12.8. The lowest BCUT2D eigenvalue weighted by molar-refractivity contribution is -0.114. The van der Waals surface area contributed by atoms with Gasteiger partial charge in [-0.1, -0.05) is 62.7 Å². The van der Waals surface area contributed by atoms with Crippen molar-refractivity contribution in [2.75, 3.05) is 27.5 Å². The fourth-order valence-corrected chi connectivity index (χ4v) is 3.89. The van der Waals surface area contributed by atoms with Crippen LogP contribution in [0.25, 0.3) is 0 Å². The number of hydrogen-bond donors (Lipinski definition) is 3. The number of amides is 3. The molecule has 0 saturated heterocycles. The molecule has 0 spiro atoms. The monoisotopic (exact) mass is 489 g/mol. The van der Waals surface area contributed by atoms with Gasteiger partial charge in [-0.15, -0.1) is 11.8 Å². The van der Waals surface area contributed by atoms with Gasteiger partial charge in [0.25, 0.3) is 5.91 Å². The average molecular weight is 490 g/mol. The number of thioether (sulfide) groups is 1. The van der Waals surface area contributed by atoms with Crippen molar-refractivity contribution in [2.24, 2.45) is 0 Å². The smallest absolute Gasteiger partial charge is 0.255 e. The molecule has 35 heavy (non-hydrogen) atoms. The van der Waals surface area contributed by atoms with Gasteiger partial charge in [-0.2, -0.15) is 0 Å². The van der Waals surface area contributed by atoms with Crippen LogP contribution in [0.2, 0.25) is 0 Å². The Hall–Kier alpha value is -3.58. The molecule has 0 heterocycles. The van der Waals surface area contributed by atoms with E-state index in [0.29, 0.717) is 16.9 Å². The van der Waals surface area contributed by atoms with E-state index in [2.05, 4.69) is 36.7 Å². The van der Waals surface area contributed by atoms with Crippen molar-refractivity contribution in [3.63, 3.8) is 0 Å². The number of benzene rings is 3. The first kappa shape index (κ1) is 26.0. The predicted octanol–water partition coefficient (Wildman–Crippen LogP) is 5.86. The molecule has 3 aromatic rings. The number of carbonyl (C=O) groups is 3. The fraction of sp³-hybridized carbons (Fsp3) is 0.250. The van der Waals surface area contributed by atoms with Crippen LogP contribution in [0.4, 0.5) is 17.1 Å². The molecule has 0 radical (unpaired) electrons. The van der Waals surface area contributed by atoms with Gasteiger partial charge in [-0.05, 0) is 54.3 Å². The van der Waals surface area contributed by atoms with E-state index in [1.54, 1.807) is 36.4 Å². The van der Waals surface area contributed by atoms with Crippen LogP contribution < -0.4 is 16.0 Å². The van der Waals surface area contributed by atoms with Crippen molar-refractivity contribution in [3.8, 4) is 0 Å². The van der Waals surface area contributed by atoms with Gasteiger partial charge in [-0.25, -0.2) is 0 Å². The zero-order valence-electron chi connectivity index (χ0n) is 20.5. The highest BCUT2D eigenvalue weighted by Crippen LogP contribution is 2.24. The van der Waals surface area contributed by atoms with Crippen molar-refractivity contribution in [1.82, 2.24) is 0 Å². The molecule has 6 nitrogen and oxygen atoms in total. The molecule has 3 N–H and O–H groups in total. The topological polar surface area (TPSA) is 87.3 Å². The number of para-hydroxylation sites is 2. The average Bonchev–Trinajstić information content (AvgIpc) is 2.81. The summed E-state index contributed by atoms with van der Waals surface area (Å²) in [6.07, 6.45) is 0. The summed E-state index contributed by atoms with van der Waals surface area (Å²) in [6, 6.07) is 22.1. The third kappa shape index (κ3) is 8.00. The van der Waals surface area contributed by atoms with Crippen LogP contribution in [0.3, 0.4) is 0 Å². The second-order valence-corrected chi connectivity index (χ2v) is 10.3. The van der Waals surface area contributed by atoms with Crippen molar-refractivity contribution in [1.29, 1.82) is 0 Å². The number of anilines is 3. The maximum atomic E-state index is 12.8. The highest BCUT2D eigenvalue weighted by Gasteiger charge is 2.15. The Kier molecular flexibility index (Phi) is 8.71. The van der Waals surface area contributed by atoms with Crippen molar-refractivity contribution in [3.05, 3.63) is 89.5 Å². The van der Waals surface area contributed by atoms with E-state index >= 15 is 0 Å². The van der Waals surface area contributed by atoms with E-state index in [1.165, 1.54) is 11.8 Å². The molecule has 0 atom stereocenters. The molecule has 0 aliphatic carbocycles. The first-order valence-electron chi connectivity index (χ1n) is 11.4. The van der Waals surface area contributed by atoms with Gasteiger partial charge >= 0.3 is 0 Å². The van der Waals surface area contributed by atoms with E-state index in [1.807, 2.05) is 43.3 Å². The minimum Gasteiger partial charge on any atom is -0.325 e. The molecule has 0 fully saturated rings. The Morgan fingerprint density at radius 1 is 0.714 bits per heavy atom. The van der Waals surface area contributed by atoms with E-state index in [9.17, 15) is 14.4 Å². The molecule has 0 aliphatic rings. The van der Waals surface area contributed by atoms with Crippen LogP contribution in [0, 0.1) is 6.92 Å². The molecule has 3 aromatic carbocycles. The predicted molar refractivity (Wildman–Crippen MR) is 145 cm³/mol. The third-order valence-corrected chi connectivity index (χ3v) is 6.20. The highest BCUT2D eigenvalue weighted by atomic mass is 32.2. The summed E-state index contributed by atoms with van der Waals surface area (Å²) in [5.41, 5.74) is 4.54. The molecular weight excluding hydrogens is 458 g/mol. The molecule has 0 unspecified atom stereocenters. The Balaban J connectivity index is 1.52. The minimum absolute atomic E-state index is 0.00520. The van der Waals surface area contributed by atoms with Gasteiger partial charge < -0.3 is 16.0 Å². The molecule has 0 bridgehead atoms. The second kappa shape index (κ2) is 11.7. The first-order valence-corrected chi connectivity index (χ1v) is 12.5. The number of nitrogens with one attached hydrogen (secondary N) is 3. The van der Waals surface area contributed by atoms with Gasteiger partial charge in [0.1, 0.15) is 0 Å². The fourth-order valence-electron chi connectivity index (χ4n) is 3.27. The number of aryl methyl sites for hydroxylation is 1. The second-order valence-electron chi connectivity index (χ2n) is 9.28. The Morgan fingerprint density at radius 2 is 1.26 bits per heavy atom. The normalized spacial score (nSPS) is 11.0. The SMILES string of the molecule is Cc1ccc(NC(=O)CSCC(=O)Nc2ccccc2NC(=O)c2ccc(C(C)(C)C)cc2)cc1. The van der Waals surface area contributed by atoms with Gasteiger partial charge in [0.15, 0.2) is 0 Å². The van der Waals surface area contributed by atoms with Crippen LogP contribution in [-0.2, 0) is 15.0 Å². The van der Waals surface area contributed by atoms with Crippen LogP contribution in [0.5, 0.6) is 0 Å². The highest BCUT2D eigenvalue weighted by molar-refractivity contribution is 8.00. The van der Waals surface area contributed by atoms with Gasteiger partial charge in [0, 0.05) is 11.3 Å². The molecule has 3 rings (SSSR count). The van der Waals surface area contributed by atoms with Crippen molar-refractivity contribution >= 4 is 46.5 Å². The summed E-state index contributed by atoms with van der Waals surface area (Å²) >= 11 is 1.22. The summed E-state index contributed by atoms with van der Waals surface area (Å²) in [7, 11) is 0. The molecule has 0 aromatic heterocycles. The van der Waals surface area contributed by atoms with Crippen molar-refractivity contribution in [2.45, 2.75) is 33.1 Å². The molecule has 3 amide bonds. The molecule has 0 aliphatic heterocycles. The Labute approximate surface area is 210 Å². The quantitative estimate of drug-likeness (QED) is 0.370. The van der Waals surface area contributed by atoms with Gasteiger partial charge in [-0.3, -0.25) is 14.4 Å². The van der Waals surface area contributed by atoms with Gasteiger partial charge in [0.05, 0.1) is 22.9 Å². The summed E-state index contributed by atoms with van der Waals surface area (Å²) in [5.74, 6) is -0.414. The summed E-state index contributed by atoms with van der Waals surface area (Å²) < 4.78 is 0. The summed E-state index contributed by atoms with van der Waals surface area (Å²) in [6.45, 7) is 8.34. The number of rotatable bonds is 8. The zero-order chi connectivity index (χ0) is 25.4. The molecule has 0 saturated carbocycles. The first-order chi connectivity index (χ1) is 16.6. The molecular formula is C28H31N3O3S. The van der Waals surface area contributed by atoms with Crippen LogP contribution in [0.1, 0.15) is 42.3 Å². The minimum atomic E-state index is -0.255. The number of carbonyl (C=O) groups excluding carboxylic acids is 3. The Bertz CT molecular complexity index is 1180. The maximum Gasteiger partial charge on any atom is 0.255 e. The molecule has 182 valence electrons.